The van der Waals surface area contributed by atoms with Crippen molar-refractivity contribution in [3.8, 4) is 0 Å². The van der Waals surface area contributed by atoms with Gasteiger partial charge < -0.3 is 5.32 Å². The summed E-state index contributed by atoms with van der Waals surface area (Å²) in [7, 11) is -3.67. The molecule has 0 unspecified atom stereocenters. The number of piperidine rings is 1. The number of amides is 1. The van der Waals surface area contributed by atoms with Crippen LogP contribution in [-0.4, -0.2) is 47.2 Å². The first kappa shape index (κ1) is 23.7. The zero-order valence-corrected chi connectivity index (χ0v) is 20.4. The first-order chi connectivity index (χ1) is 14.2. The minimum atomic E-state index is -3.67. The van der Waals surface area contributed by atoms with Crippen LogP contribution >= 0.6 is 46.3 Å². The fourth-order valence-electron chi connectivity index (χ4n) is 3.07. The Morgan fingerprint density at radius 3 is 2.70 bits per heavy atom. The average molecular weight is 510 g/mol. The van der Waals surface area contributed by atoms with Crippen molar-refractivity contribution in [2.75, 3.05) is 18.4 Å². The summed E-state index contributed by atoms with van der Waals surface area (Å²) in [6.07, 6.45) is 1.20. The van der Waals surface area contributed by atoms with Crippen LogP contribution in [0, 0.1) is 5.92 Å². The van der Waals surface area contributed by atoms with Crippen molar-refractivity contribution in [2.24, 2.45) is 5.92 Å². The minimum absolute atomic E-state index is 0.114. The number of aromatic nitrogens is 2. The Balaban J connectivity index is 1.65. The summed E-state index contributed by atoms with van der Waals surface area (Å²) in [4.78, 5) is 12.7. The van der Waals surface area contributed by atoms with E-state index in [1.165, 1.54) is 15.6 Å². The highest BCUT2D eigenvalue weighted by Gasteiger charge is 2.33. The van der Waals surface area contributed by atoms with Gasteiger partial charge in [0.15, 0.2) is 4.34 Å². The summed E-state index contributed by atoms with van der Waals surface area (Å²) in [6.45, 7) is 4.58. The fraction of sp³-hybridized carbons (Fsp3) is 0.500. The summed E-state index contributed by atoms with van der Waals surface area (Å²) < 4.78 is 28.0. The first-order valence-corrected chi connectivity index (χ1v) is 13.4. The predicted octanol–water partition coefficient (Wildman–Crippen LogP) is 4.53. The molecule has 2 heterocycles. The van der Waals surface area contributed by atoms with E-state index in [9.17, 15) is 13.2 Å². The van der Waals surface area contributed by atoms with Gasteiger partial charge in [-0.15, -0.1) is 10.2 Å². The Labute approximate surface area is 194 Å². The van der Waals surface area contributed by atoms with E-state index in [4.69, 9.17) is 23.2 Å². The zero-order valence-electron chi connectivity index (χ0n) is 16.5. The second-order valence-corrected chi connectivity index (χ2v) is 12.8. The van der Waals surface area contributed by atoms with Crippen LogP contribution in [0.4, 0.5) is 5.13 Å². The van der Waals surface area contributed by atoms with Crippen LogP contribution in [0.1, 0.15) is 32.3 Å². The lowest BCUT2D eigenvalue weighted by atomic mass is 9.99. The Morgan fingerprint density at radius 1 is 1.33 bits per heavy atom. The maximum Gasteiger partial charge on any atom is 0.230 e. The standard InChI is InChI=1S/C18H22Cl2N4O3S3/c1-11(2)28-18-23-22-17(29-18)21-16(25)12-5-4-8-24(9-12)30(26,27)10-13-14(19)6-3-7-15(13)20/h3,6-7,11-12H,4-5,8-10H2,1-2H3,(H,21,22,25)/t12-/m0/s1. The van der Waals surface area contributed by atoms with Gasteiger partial charge in [0.1, 0.15) is 0 Å². The molecule has 2 aromatic rings. The molecular weight excluding hydrogens is 487 g/mol. The lowest BCUT2D eigenvalue weighted by molar-refractivity contribution is -0.120. The summed E-state index contributed by atoms with van der Waals surface area (Å²) in [5, 5.41) is 12.2. The van der Waals surface area contributed by atoms with Gasteiger partial charge in [-0.3, -0.25) is 4.79 Å². The molecule has 1 atom stereocenters. The summed E-state index contributed by atoms with van der Waals surface area (Å²) in [6, 6.07) is 4.89. The van der Waals surface area contributed by atoms with Gasteiger partial charge in [-0.1, -0.05) is 66.2 Å². The Bertz CT molecular complexity index is 994. The van der Waals surface area contributed by atoms with E-state index in [-0.39, 0.29) is 18.2 Å². The summed E-state index contributed by atoms with van der Waals surface area (Å²) in [5.41, 5.74) is 0.372. The molecule has 1 aliphatic heterocycles. The molecule has 1 aliphatic rings. The Hall–Kier alpha value is -0.910. The molecule has 1 fully saturated rings. The largest absolute Gasteiger partial charge is 0.300 e. The van der Waals surface area contributed by atoms with Gasteiger partial charge in [0.05, 0.1) is 11.7 Å². The van der Waals surface area contributed by atoms with Gasteiger partial charge >= 0.3 is 0 Å². The quantitative estimate of drug-likeness (QED) is 0.436. The molecule has 0 aliphatic carbocycles. The number of carbonyl (C=O) groups is 1. The van der Waals surface area contributed by atoms with Gasteiger partial charge in [-0.2, -0.15) is 0 Å². The van der Waals surface area contributed by atoms with Crippen LogP contribution in [0.3, 0.4) is 0 Å². The van der Waals surface area contributed by atoms with Crippen molar-refractivity contribution in [3.05, 3.63) is 33.8 Å². The molecule has 1 N–H and O–H groups in total. The van der Waals surface area contributed by atoms with Crippen molar-refractivity contribution in [1.82, 2.24) is 14.5 Å². The number of nitrogens with one attached hydrogen (secondary N) is 1. The second kappa shape index (κ2) is 10.1. The number of rotatable bonds is 7. The van der Waals surface area contributed by atoms with Crippen LogP contribution < -0.4 is 5.32 Å². The number of thioether (sulfide) groups is 1. The summed E-state index contributed by atoms with van der Waals surface area (Å²) >= 11 is 15.2. The molecule has 0 bridgehead atoms. The van der Waals surface area contributed by atoms with E-state index in [1.807, 2.05) is 0 Å². The van der Waals surface area contributed by atoms with Gasteiger partial charge in [0.2, 0.25) is 21.1 Å². The minimum Gasteiger partial charge on any atom is -0.300 e. The highest BCUT2D eigenvalue weighted by Crippen LogP contribution is 2.31. The van der Waals surface area contributed by atoms with E-state index in [2.05, 4.69) is 29.4 Å². The number of anilines is 1. The molecule has 164 valence electrons. The van der Waals surface area contributed by atoms with E-state index in [0.29, 0.717) is 45.4 Å². The number of hydrogen-bond donors (Lipinski definition) is 1. The molecule has 12 heteroatoms. The van der Waals surface area contributed by atoms with Crippen LogP contribution in [-0.2, 0) is 20.6 Å². The zero-order chi connectivity index (χ0) is 21.9. The Kier molecular flexibility index (Phi) is 8.03. The predicted molar refractivity (Wildman–Crippen MR) is 123 cm³/mol. The molecule has 1 saturated heterocycles. The van der Waals surface area contributed by atoms with Gasteiger partial charge in [-0.05, 0) is 25.0 Å². The number of halogens is 2. The smallest absolute Gasteiger partial charge is 0.230 e. The highest BCUT2D eigenvalue weighted by molar-refractivity contribution is 8.01. The highest BCUT2D eigenvalue weighted by atomic mass is 35.5. The molecule has 1 aromatic carbocycles. The van der Waals surface area contributed by atoms with E-state index in [1.54, 1.807) is 30.0 Å². The average Bonchev–Trinajstić information content (AvgIpc) is 3.11. The van der Waals surface area contributed by atoms with Crippen LogP contribution in [0.5, 0.6) is 0 Å². The fourth-order valence-corrected chi connectivity index (χ4v) is 7.41. The van der Waals surface area contributed by atoms with Gasteiger partial charge in [-0.25, -0.2) is 12.7 Å². The lowest BCUT2D eigenvalue weighted by Gasteiger charge is -2.31. The van der Waals surface area contributed by atoms with Crippen molar-refractivity contribution in [1.29, 1.82) is 0 Å². The van der Waals surface area contributed by atoms with Crippen molar-refractivity contribution in [3.63, 3.8) is 0 Å². The molecule has 1 aromatic heterocycles. The van der Waals surface area contributed by atoms with Gasteiger partial charge in [0.25, 0.3) is 0 Å². The Morgan fingerprint density at radius 2 is 2.03 bits per heavy atom. The molecule has 0 spiro atoms. The van der Waals surface area contributed by atoms with Crippen molar-refractivity contribution < 1.29 is 13.2 Å². The molecule has 7 nitrogen and oxygen atoms in total. The van der Waals surface area contributed by atoms with Crippen LogP contribution in [0.25, 0.3) is 0 Å². The molecule has 0 saturated carbocycles. The molecule has 3 rings (SSSR count). The van der Waals surface area contributed by atoms with Crippen molar-refractivity contribution in [2.45, 2.75) is 42.0 Å². The third-order valence-electron chi connectivity index (χ3n) is 4.51. The summed E-state index contributed by atoms with van der Waals surface area (Å²) in [5.74, 6) is -1.00. The van der Waals surface area contributed by atoms with Crippen molar-refractivity contribution >= 4 is 67.4 Å². The molecule has 0 radical (unpaired) electrons. The second-order valence-electron chi connectivity index (χ2n) is 7.18. The first-order valence-electron chi connectivity index (χ1n) is 9.37. The number of carbonyl (C=O) groups excluding carboxylic acids is 1. The lowest BCUT2D eigenvalue weighted by Crippen LogP contribution is -2.44. The SMILES string of the molecule is CC(C)Sc1nnc(NC(=O)[C@H]2CCCN(S(=O)(=O)Cc3c(Cl)cccc3Cl)C2)s1. The maximum atomic E-state index is 12.9. The maximum absolute atomic E-state index is 12.9. The molecular formula is C18H22Cl2N4O3S3. The number of sulfonamides is 1. The van der Waals surface area contributed by atoms with E-state index < -0.39 is 15.9 Å². The number of nitrogens with zero attached hydrogens (tertiary/aromatic N) is 3. The van der Waals surface area contributed by atoms with E-state index >= 15 is 0 Å². The normalized spacial score (nSPS) is 18.0. The monoisotopic (exact) mass is 508 g/mol. The third-order valence-corrected chi connectivity index (χ3v) is 8.92. The molecule has 30 heavy (non-hydrogen) atoms. The number of benzene rings is 1. The molecule has 1 amide bonds. The van der Waals surface area contributed by atoms with E-state index in [0.717, 1.165) is 4.34 Å². The van der Waals surface area contributed by atoms with Crippen LogP contribution in [0.15, 0.2) is 22.5 Å². The van der Waals surface area contributed by atoms with Crippen LogP contribution in [0.2, 0.25) is 10.0 Å². The van der Waals surface area contributed by atoms with Gasteiger partial charge in [0, 0.05) is 33.9 Å². The third kappa shape index (κ3) is 6.08. The topological polar surface area (TPSA) is 92.3 Å². The number of hydrogen-bond acceptors (Lipinski definition) is 7.